The standard InChI is InChI=1S/C18H20ClFN2O2/c1-12(18(23)21-13-6-4-7-14(10-13)24-3)22(2)11-15-16(19)8-5-9-17(15)20/h4-10,12H,11H2,1-3H3,(H,21,23)/p+1/t12-/m1/s1. The van der Waals surface area contributed by atoms with E-state index in [2.05, 4.69) is 5.32 Å². The molecule has 24 heavy (non-hydrogen) atoms. The lowest BCUT2D eigenvalue weighted by Crippen LogP contribution is -3.12. The Bertz CT molecular complexity index is 704. The van der Waals surface area contributed by atoms with Gasteiger partial charge in [0.25, 0.3) is 5.91 Å². The number of hydrogen-bond donors (Lipinski definition) is 2. The number of ether oxygens (including phenoxy) is 1. The first-order valence-electron chi connectivity index (χ1n) is 7.62. The molecule has 0 saturated heterocycles. The second-order valence-corrected chi connectivity index (χ2v) is 6.07. The Morgan fingerprint density at radius 2 is 2.04 bits per heavy atom. The van der Waals surface area contributed by atoms with Gasteiger partial charge in [-0.2, -0.15) is 0 Å². The number of anilines is 1. The van der Waals surface area contributed by atoms with Crippen LogP contribution < -0.4 is 15.0 Å². The summed E-state index contributed by atoms with van der Waals surface area (Å²) in [6.07, 6.45) is 0. The quantitative estimate of drug-likeness (QED) is 0.840. The highest BCUT2D eigenvalue weighted by atomic mass is 35.5. The second kappa shape index (κ2) is 8.13. The van der Waals surface area contributed by atoms with Crippen molar-refractivity contribution in [2.75, 3.05) is 19.5 Å². The minimum absolute atomic E-state index is 0.159. The lowest BCUT2D eigenvalue weighted by molar-refractivity contribution is -0.908. The van der Waals surface area contributed by atoms with Gasteiger partial charge in [-0.25, -0.2) is 4.39 Å². The number of quaternary nitrogens is 1. The monoisotopic (exact) mass is 351 g/mol. The molecule has 0 radical (unpaired) electrons. The third-order valence-corrected chi connectivity index (χ3v) is 4.34. The second-order valence-electron chi connectivity index (χ2n) is 5.67. The smallest absolute Gasteiger partial charge is 0.282 e. The Labute approximate surface area is 146 Å². The number of amides is 1. The largest absolute Gasteiger partial charge is 0.497 e. The van der Waals surface area contributed by atoms with Crippen molar-refractivity contribution in [3.05, 3.63) is 58.9 Å². The Morgan fingerprint density at radius 3 is 2.71 bits per heavy atom. The minimum atomic E-state index is -0.383. The van der Waals surface area contributed by atoms with Gasteiger partial charge in [0.15, 0.2) is 6.04 Å². The average Bonchev–Trinajstić information content (AvgIpc) is 2.57. The van der Waals surface area contributed by atoms with Crippen molar-refractivity contribution in [2.24, 2.45) is 0 Å². The van der Waals surface area contributed by atoms with Crippen LogP contribution in [-0.2, 0) is 11.3 Å². The van der Waals surface area contributed by atoms with Crippen molar-refractivity contribution in [1.82, 2.24) is 0 Å². The van der Waals surface area contributed by atoms with E-state index in [1.807, 2.05) is 7.05 Å². The maximum atomic E-state index is 13.9. The maximum Gasteiger partial charge on any atom is 0.282 e. The number of hydrogen-bond acceptors (Lipinski definition) is 2. The number of likely N-dealkylation sites (N-methyl/N-ethyl adjacent to an activating group) is 1. The zero-order valence-electron chi connectivity index (χ0n) is 13.9. The summed E-state index contributed by atoms with van der Waals surface area (Å²) in [6.45, 7) is 2.11. The van der Waals surface area contributed by atoms with Gasteiger partial charge in [-0.3, -0.25) is 4.79 Å². The molecular formula is C18H21ClFN2O2+. The first-order chi connectivity index (χ1) is 11.4. The molecule has 1 amide bonds. The van der Waals surface area contributed by atoms with Gasteiger partial charge in [0.2, 0.25) is 0 Å². The Morgan fingerprint density at radius 1 is 1.33 bits per heavy atom. The molecule has 6 heteroatoms. The van der Waals surface area contributed by atoms with Crippen LogP contribution in [-0.4, -0.2) is 26.1 Å². The molecule has 2 rings (SSSR count). The van der Waals surface area contributed by atoms with Gasteiger partial charge in [-0.15, -0.1) is 0 Å². The topological polar surface area (TPSA) is 42.8 Å². The predicted octanol–water partition coefficient (Wildman–Crippen LogP) is 2.53. The van der Waals surface area contributed by atoms with Crippen LogP contribution in [0.15, 0.2) is 42.5 Å². The molecule has 1 unspecified atom stereocenters. The number of benzene rings is 2. The van der Waals surface area contributed by atoms with Crippen LogP contribution in [0.3, 0.4) is 0 Å². The summed E-state index contributed by atoms with van der Waals surface area (Å²) in [5.41, 5.74) is 1.07. The Kier molecular flexibility index (Phi) is 6.17. The first kappa shape index (κ1) is 18.2. The van der Waals surface area contributed by atoms with Gasteiger partial charge >= 0.3 is 0 Å². The molecule has 2 atom stereocenters. The number of halogens is 2. The number of carbonyl (C=O) groups excluding carboxylic acids is 1. The van der Waals surface area contributed by atoms with E-state index in [0.29, 0.717) is 28.6 Å². The van der Waals surface area contributed by atoms with Crippen LogP contribution in [0.25, 0.3) is 0 Å². The summed E-state index contributed by atoms with van der Waals surface area (Å²) in [6, 6.07) is 11.3. The van der Waals surface area contributed by atoms with Crippen molar-refractivity contribution in [1.29, 1.82) is 0 Å². The van der Waals surface area contributed by atoms with Gasteiger partial charge in [0, 0.05) is 11.8 Å². The third-order valence-electron chi connectivity index (χ3n) is 3.99. The zero-order valence-corrected chi connectivity index (χ0v) is 14.7. The van der Waals surface area contributed by atoms with Crippen LogP contribution in [0, 0.1) is 5.82 Å². The molecule has 0 aliphatic rings. The highest BCUT2D eigenvalue weighted by Crippen LogP contribution is 2.18. The fourth-order valence-electron chi connectivity index (χ4n) is 2.31. The molecule has 0 saturated carbocycles. The lowest BCUT2D eigenvalue weighted by Gasteiger charge is -2.22. The van der Waals surface area contributed by atoms with E-state index in [1.54, 1.807) is 50.4 Å². The molecule has 4 nitrogen and oxygen atoms in total. The van der Waals surface area contributed by atoms with Gasteiger partial charge in [-0.1, -0.05) is 23.7 Å². The number of methoxy groups -OCH3 is 1. The maximum absolute atomic E-state index is 13.9. The van der Waals surface area contributed by atoms with E-state index >= 15 is 0 Å². The van der Waals surface area contributed by atoms with Crippen molar-refractivity contribution >= 4 is 23.2 Å². The molecule has 2 aromatic rings. The van der Waals surface area contributed by atoms with Crippen LogP contribution in [0.5, 0.6) is 5.75 Å². The highest BCUT2D eigenvalue weighted by molar-refractivity contribution is 6.31. The van der Waals surface area contributed by atoms with Gasteiger partial charge in [0.05, 0.1) is 24.7 Å². The molecule has 0 aromatic heterocycles. The summed E-state index contributed by atoms with van der Waals surface area (Å²) in [5.74, 6) is 0.148. The zero-order chi connectivity index (χ0) is 17.7. The summed E-state index contributed by atoms with van der Waals surface area (Å²) in [5, 5.41) is 3.22. The van der Waals surface area contributed by atoms with Crippen LogP contribution in [0.1, 0.15) is 12.5 Å². The van der Waals surface area contributed by atoms with Crippen molar-refractivity contribution in [2.45, 2.75) is 19.5 Å². The SMILES string of the molecule is COc1cccc(NC(=O)[C@@H](C)[NH+](C)Cc2c(F)cccc2Cl)c1. The predicted molar refractivity (Wildman–Crippen MR) is 93.1 cm³/mol. The molecular weight excluding hydrogens is 331 g/mol. The van der Waals surface area contributed by atoms with Crippen LogP contribution in [0.2, 0.25) is 5.02 Å². The summed E-state index contributed by atoms with van der Waals surface area (Å²) >= 11 is 6.05. The molecule has 2 aromatic carbocycles. The lowest BCUT2D eigenvalue weighted by atomic mass is 10.1. The summed E-state index contributed by atoms with van der Waals surface area (Å²) in [7, 11) is 3.40. The molecule has 0 bridgehead atoms. The van der Waals surface area contributed by atoms with E-state index in [4.69, 9.17) is 16.3 Å². The van der Waals surface area contributed by atoms with Crippen LogP contribution in [0.4, 0.5) is 10.1 Å². The summed E-state index contributed by atoms with van der Waals surface area (Å²) in [4.78, 5) is 13.2. The molecule has 0 aliphatic heterocycles. The Balaban J connectivity index is 2.04. The molecule has 0 spiro atoms. The molecule has 0 heterocycles. The number of carbonyl (C=O) groups is 1. The minimum Gasteiger partial charge on any atom is -0.497 e. The highest BCUT2D eigenvalue weighted by Gasteiger charge is 2.24. The summed E-state index contributed by atoms with van der Waals surface area (Å²) < 4.78 is 19.0. The number of nitrogens with one attached hydrogen (secondary N) is 2. The molecule has 2 N–H and O–H groups in total. The Hall–Kier alpha value is -2.11. The first-order valence-corrected chi connectivity index (χ1v) is 8.00. The normalized spacial score (nSPS) is 13.2. The van der Waals surface area contributed by atoms with E-state index < -0.39 is 0 Å². The average molecular weight is 352 g/mol. The third kappa shape index (κ3) is 4.46. The van der Waals surface area contributed by atoms with Gasteiger partial charge in [-0.05, 0) is 31.2 Å². The van der Waals surface area contributed by atoms with E-state index in [0.717, 1.165) is 4.90 Å². The van der Waals surface area contributed by atoms with E-state index in [1.165, 1.54) is 6.07 Å². The van der Waals surface area contributed by atoms with Crippen LogP contribution >= 0.6 is 11.6 Å². The molecule has 0 aliphatic carbocycles. The fraction of sp³-hybridized carbons (Fsp3) is 0.278. The number of rotatable bonds is 6. The van der Waals surface area contributed by atoms with Gasteiger partial charge < -0.3 is 15.0 Å². The molecule has 0 fully saturated rings. The van der Waals surface area contributed by atoms with E-state index in [-0.39, 0.29) is 17.8 Å². The van der Waals surface area contributed by atoms with Crippen molar-refractivity contribution in [3.63, 3.8) is 0 Å². The fourth-order valence-corrected chi connectivity index (χ4v) is 2.54. The van der Waals surface area contributed by atoms with Crippen molar-refractivity contribution < 1.29 is 18.8 Å². The van der Waals surface area contributed by atoms with E-state index in [9.17, 15) is 9.18 Å². The molecule has 128 valence electrons. The van der Waals surface area contributed by atoms with Gasteiger partial charge in [0.1, 0.15) is 18.1 Å². The van der Waals surface area contributed by atoms with Crippen molar-refractivity contribution in [3.8, 4) is 5.75 Å².